The first kappa shape index (κ1) is 49.3. The maximum Gasteiger partial charge on any atom is 1.00 e. The van der Waals surface area contributed by atoms with E-state index in [0.29, 0.717) is 23.3 Å². The van der Waals surface area contributed by atoms with Crippen molar-refractivity contribution in [1.82, 2.24) is 19.9 Å². The van der Waals surface area contributed by atoms with E-state index in [9.17, 15) is 25.9 Å². The van der Waals surface area contributed by atoms with Crippen LogP contribution in [0.5, 0.6) is 0 Å². The van der Waals surface area contributed by atoms with Gasteiger partial charge in [-0.25, -0.2) is 16.8 Å². The molecule has 6 aromatic carbocycles. The molecule has 6 N–H and O–H groups in total. The molecular formula is C46H36N10Na2O6S2. The predicted molar refractivity (Wildman–Crippen MR) is 247 cm³/mol. The fraction of sp³-hybridized carbons (Fsp3) is 0. The third-order valence-electron chi connectivity index (χ3n) is 9.16. The molecule has 0 saturated carbocycles. The number of anilines is 12. The molecule has 8 aromatic rings. The Morgan fingerprint density at radius 2 is 0.621 bits per heavy atom. The Balaban J connectivity index is 0.00000360. The second kappa shape index (κ2) is 22.4. The Kier molecular flexibility index (Phi) is 16.7. The van der Waals surface area contributed by atoms with E-state index in [1.165, 1.54) is 36.4 Å². The van der Waals surface area contributed by atoms with Gasteiger partial charge in [0.05, 0.1) is 9.79 Å². The SMILES string of the molecule is O=S(=O)([O-])c1cc(Nc2nc(Nc3ccccc3)cc(Nc3ccccc3)n2)ccc1C=Cc1ccc(Nc2nc(Nc3ccccc3)cc(Nc3ccccc3)n2)cc1S(=O)(=O)[O-].[Na+].[Na+]. The van der Waals surface area contributed by atoms with E-state index in [0.717, 1.165) is 34.9 Å². The molecular weight excluding hydrogens is 899 g/mol. The van der Waals surface area contributed by atoms with E-state index in [-0.39, 0.29) is 93.5 Å². The van der Waals surface area contributed by atoms with Gasteiger partial charge in [-0.1, -0.05) is 97.1 Å². The average molecular weight is 935 g/mol. The summed E-state index contributed by atoms with van der Waals surface area (Å²) in [4.78, 5) is 16.9. The minimum atomic E-state index is -5.10. The van der Waals surface area contributed by atoms with Gasteiger partial charge in [0, 0.05) is 46.3 Å². The average Bonchev–Trinajstić information content (AvgIpc) is 3.27. The molecule has 2 aromatic heterocycles. The van der Waals surface area contributed by atoms with Crippen LogP contribution in [0.3, 0.4) is 0 Å². The number of aromatic nitrogens is 4. The van der Waals surface area contributed by atoms with Crippen LogP contribution >= 0.6 is 0 Å². The Bertz CT molecular complexity index is 2850. The van der Waals surface area contributed by atoms with Crippen molar-refractivity contribution in [3.63, 3.8) is 0 Å². The van der Waals surface area contributed by atoms with Crippen molar-refractivity contribution >= 4 is 102 Å². The fourth-order valence-corrected chi connectivity index (χ4v) is 7.70. The number of hydrogen-bond donors (Lipinski definition) is 6. The first-order chi connectivity index (χ1) is 30.9. The standard InChI is InChI=1S/C46H38N10O6S2.2Na/c57-63(58,59)39-27-37(51-45-53-41(47-33-13-5-1-6-14-33)29-42(54-45)48-34-15-7-2-8-16-34)25-23-31(39)21-22-32-24-26-38(28-40(32)64(60,61)62)52-46-55-43(49-35-17-9-3-10-18-35)30-44(56-46)50-36-19-11-4-12-20-36;;/h1-30H,(H,57,58,59)(H,60,61,62)(H3,47,48,51,53,54)(H3,49,50,52,55,56);;/q;2*+1/p-2. The molecule has 66 heavy (non-hydrogen) atoms. The Morgan fingerprint density at radius 3 is 0.879 bits per heavy atom. The van der Waals surface area contributed by atoms with Crippen LogP contribution in [0, 0.1) is 0 Å². The zero-order chi connectivity index (χ0) is 44.5. The van der Waals surface area contributed by atoms with Crippen LogP contribution in [-0.2, 0) is 20.2 Å². The number of para-hydroxylation sites is 4. The molecule has 0 aliphatic heterocycles. The van der Waals surface area contributed by atoms with Crippen molar-refractivity contribution in [2.24, 2.45) is 0 Å². The topological polar surface area (TPSA) is 238 Å². The third-order valence-corrected chi connectivity index (χ3v) is 10.9. The molecule has 0 bridgehead atoms. The van der Waals surface area contributed by atoms with Crippen LogP contribution in [0.15, 0.2) is 180 Å². The minimum Gasteiger partial charge on any atom is -0.744 e. The molecule has 0 unspecified atom stereocenters. The first-order valence-electron chi connectivity index (χ1n) is 19.4. The molecule has 0 radical (unpaired) electrons. The van der Waals surface area contributed by atoms with Gasteiger partial charge < -0.3 is 41.0 Å². The summed E-state index contributed by atoms with van der Waals surface area (Å²) in [7, 11) is -10.2. The van der Waals surface area contributed by atoms with E-state index < -0.39 is 30.0 Å². The normalized spacial score (nSPS) is 11.1. The summed E-state index contributed by atoms with van der Waals surface area (Å²) < 4.78 is 75.8. The predicted octanol–water partition coefficient (Wildman–Crippen LogP) is 3.71. The second-order valence-electron chi connectivity index (χ2n) is 13.9. The maximum absolute atomic E-state index is 12.6. The van der Waals surface area contributed by atoms with E-state index >= 15 is 0 Å². The van der Waals surface area contributed by atoms with Gasteiger partial charge in [0.25, 0.3) is 0 Å². The smallest absolute Gasteiger partial charge is 0.744 e. The number of rotatable bonds is 16. The van der Waals surface area contributed by atoms with Gasteiger partial charge >= 0.3 is 59.1 Å². The number of benzene rings is 6. The van der Waals surface area contributed by atoms with E-state index in [2.05, 4.69) is 51.8 Å². The number of hydrogen-bond acceptors (Lipinski definition) is 16. The van der Waals surface area contributed by atoms with Gasteiger partial charge in [-0.2, -0.15) is 19.9 Å². The van der Waals surface area contributed by atoms with Gasteiger partial charge in [-0.15, -0.1) is 0 Å². The fourth-order valence-electron chi connectivity index (χ4n) is 6.31. The molecule has 0 amide bonds. The quantitative estimate of drug-likeness (QED) is 0.0460. The zero-order valence-corrected chi connectivity index (χ0v) is 41.0. The minimum absolute atomic E-state index is 0. The molecule has 20 heteroatoms. The van der Waals surface area contributed by atoms with Crippen LogP contribution < -0.4 is 91.0 Å². The van der Waals surface area contributed by atoms with Crippen molar-refractivity contribution in [1.29, 1.82) is 0 Å². The number of nitrogens with zero attached hydrogens (tertiary/aromatic N) is 4. The summed E-state index contributed by atoms with van der Waals surface area (Å²) in [5.74, 6) is 1.79. The second-order valence-corrected chi connectivity index (χ2v) is 16.6. The van der Waals surface area contributed by atoms with Crippen molar-refractivity contribution in [3.8, 4) is 0 Å². The molecule has 0 atom stereocenters. The van der Waals surface area contributed by atoms with Crippen molar-refractivity contribution < 1.29 is 85.1 Å². The molecule has 0 fully saturated rings. The molecule has 2 heterocycles. The molecule has 16 nitrogen and oxygen atoms in total. The Morgan fingerprint density at radius 1 is 0.348 bits per heavy atom. The summed E-state index contributed by atoms with van der Waals surface area (Å²) in [6.45, 7) is 0. The molecule has 8 rings (SSSR count). The van der Waals surface area contributed by atoms with E-state index in [1.807, 2.05) is 121 Å². The summed E-state index contributed by atoms with van der Waals surface area (Å²) in [5, 5.41) is 18.8. The van der Waals surface area contributed by atoms with E-state index in [1.54, 1.807) is 12.1 Å². The van der Waals surface area contributed by atoms with Crippen LogP contribution in [0.2, 0.25) is 0 Å². The first-order valence-corrected chi connectivity index (χ1v) is 22.2. The largest absolute Gasteiger partial charge is 1.00 e. The van der Waals surface area contributed by atoms with Gasteiger partial charge in [-0.05, 0) is 83.9 Å². The number of nitrogens with one attached hydrogen (secondary N) is 6. The van der Waals surface area contributed by atoms with Crippen molar-refractivity contribution in [2.75, 3.05) is 31.9 Å². The van der Waals surface area contributed by atoms with Crippen molar-refractivity contribution in [3.05, 3.63) is 181 Å². The summed E-state index contributed by atoms with van der Waals surface area (Å²) in [6.07, 6.45) is 2.47. The maximum atomic E-state index is 12.6. The van der Waals surface area contributed by atoms with Crippen molar-refractivity contribution in [2.45, 2.75) is 9.79 Å². The van der Waals surface area contributed by atoms with Gasteiger partial charge in [-0.3, -0.25) is 0 Å². The van der Waals surface area contributed by atoms with Gasteiger partial charge in [0.15, 0.2) is 0 Å². The van der Waals surface area contributed by atoms with Crippen LogP contribution in [0.1, 0.15) is 11.1 Å². The molecule has 0 aliphatic rings. The van der Waals surface area contributed by atoms with Crippen LogP contribution in [-0.4, -0.2) is 45.9 Å². The van der Waals surface area contributed by atoms with E-state index in [4.69, 9.17) is 0 Å². The third kappa shape index (κ3) is 13.7. The van der Waals surface area contributed by atoms with Crippen LogP contribution in [0.4, 0.5) is 69.3 Å². The van der Waals surface area contributed by atoms with Crippen LogP contribution in [0.25, 0.3) is 12.2 Å². The molecule has 0 spiro atoms. The summed E-state index contributed by atoms with van der Waals surface area (Å²) >= 11 is 0. The monoisotopic (exact) mass is 934 g/mol. The molecule has 320 valence electrons. The summed E-state index contributed by atoms with van der Waals surface area (Å²) in [6, 6.07) is 48.6. The summed E-state index contributed by atoms with van der Waals surface area (Å²) in [5.41, 5.74) is 3.22. The molecule has 0 aliphatic carbocycles. The van der Waals surface area contributed by atoms with Gasteiger partial charge in [0.2, 0.25) is 11.9 Å². The zero-order valence-electron chi connectivity index (χ0n) is 35.4. The molecule has 0 saturated heterocycles. The Labute approximate surface area is 425 Å². The Hall–Kier alpha value is -6.16. The van der Waals surface area contributed by atoms with Gasteiger partial charge in [0.1, 0.15) is 43.5 Å².